The van der Waals surface area contributed by atoms with Crippen molar-refractivity contribution in [3.05, 3.63) is 60.7 Å². The number of aromatic nitrogens is 2. The summed E-state index contributed by atoms with van der Waals surface area (Å²) in [5.74, 6) is 1.88. The molecule has 0 radical (unpaired) electrons. The molecule has 3 N–H and O–H groups in total. The zero-order valence-electron chi connectivity index (χ0n) is 18.2. The topological polar surface area (TPSA) is 126 Å². The molecule has 0 fully saturated rings. The standard InChI is InChI=1S/C23H22N4O5S/c1-30-14-9-11-21(33(24,28)29)16(12-14)22-23(26-18-7-5-4-6-17(18)25-22)27-19-13-15(31-2)8-10-20(19)32-3/h4-13H,1-3H3,(H,26,27)(H2,24,28,29). The molecule has 0 saturated carbocycles. The number of sulfonamides is 1. The summed E-state index contributed by atoms with van der Waals surface area (Å²) in [5.41, 5.74) is 2.29. The maximum Gasteiger partial charge on any atom is 0.238 e. The van der Waals surface area contributed by atoms with E-state index in [1.54, 1.807) is 44.6 Å². The summed E-state index contributed by atoms with van der Waals surface area (Å²) < 4.78 is 40.9. The van der Waals surface area contributed by atoms with Gasteiger partial charge in [0, 0.05) is 11.6 Å². The Morgan fingerprint density at radius 2 is 1.45 bits per heavy atom. The number of primary sulfonamides is 1. The monoisotopic (exact) mass is 466 g/mol. The molecule has 0 unspecified atom stereocenters. The van der Waals surface area contributed by atoms with E-state index in [9.17, 15) is 8.42 Å². The smallest absolute Gasteiger partial charge is 0.238 e. The zero-order chi connectivity index (χ0) is 23.6. The van der Waals surface area contributed by atoms with Gasteiger partial charge in [-0.25, -0.2) is 23.5 Å². The van der Waals surface area contributed by atoms with Gasteiger partial charge < -0.3 is 19.5 Å². The summed E-state index contributed by atoms with van der Waals surface area (Å²) in [4.78, 5) is 9.32. The molecule has 0 saturated heterocycles. The molecule has 4 rings (SSSR count). The van der Waals surface area contributed by atoms with E-state index >= 15 is 0 Å². The first-order valence-corrected chi connectivity index (χ1v) is 11.4. The number of hydrogen-bond donors (Lipinski definition) is 2. The van der Waals surface area contributed by atoms with Crippen LogP contribution in [0.2, 0.25) is 0 Å². The van der Waals surface area contributed by atoms with Crippen LogP contribution in [-0.2, 0) is 10.0 Å². The van der Waals surface area contributed by atoms with Crippen molar-refractivity contribution in [1.82, 2.24) is 9.97 Å². The summed E-state index contributed by atoms with van der Waals surface area (Å²) in [7, 11) is 0.519. The van der Waals surface area contributed by atoms with Gasteiger partial charge in [0.2, 0.25) is 10.0 Å². The molecule has 1 heterocycles. The maximum absolute atomic E-state index is 12.4. The van der Waals surface area contributed by atoms with Crippen LogP contribution < -0.4 is 24.7 Å². The number of anilines is 2. The van der Waals surface area contributed by atoms with Crippen LogP contribution in [-0.4, -0.2) is 39.7 Å². The predicted octanol–water partition coefficient (Wildman–Crippen LogP) is 3.71. The van der Waals surface area contributed by atoms with Gasteiger partial charge in [-0.15, -0.1) is 0 Å². The number of benzene rings is 3. The van der Waals surface area contributed by atoms with Crippen molar-refractivity contribution in [3.63, 3.8) is 0 Å². The van der Waals surface area contributed by atoms with Crippen molar-refractivity contribution in [1.29, 1.82) is 0 Å². The Balaban J connectivity index is 2.00. The molecule has 0 aliphatic carbocycles. The summed E-state index contributed by atoms with van der Waals surface area (Å²) in [6.07, 6.45) is 0. The minimum atomic E-state index is -4.07. The summed E-state index contributed by atoms with van der Waals surface area (Å²) >= 11 is 0. The van der Waals surface area contributed by atoms with Gasteiger partial charge in [-0.1, -0.05) is 12.1 Å². The van der Waals surface area contributed by atoms with Gasteiger partial charge in [-0.2, -0.15) is 0 Å². The second kappa shape index (κ2) is 8.93. The van der Waals surface area contributed by atoms with Crippen molar-refractivity contribution >= 4 is 32.6 Å². The lowest BCUT2D eigenvalue weighted by Gasteiger charge is -2.17. The van der Waals surface area contributed by atoms with Crippen molar-refractivity contribution < 1.29 is 22.6 Å². The Labute approximate surface area is 191 Å². The van der Waals surface area contributed by atoms with Crippen LogP contribution >= 0.6 is 0 Å². The molecule has 0 aliphatic heterocycles. The number of nitrogens with zero attached hydrogens (tertiary/aromatic N) is 2. The van der Waals surface area contributed by atoms with Crippen molar-refractivity contribution in [2.45, 2.75) is 4.90 Å². The molecular formula is C23H22N4O5S. The van der Waals surface area contributed by atoms with E-state index in [4.69, 9.17) is 29.3 Å². The van der Waals surface area contributed by atoms with E-state index in [0.29, 0.717) is 39.8 Å². The average Bonchev–Trinajstić information content (AvgIpc) is 2.82. The molecule has 10 heteroatoms. The minimum absolute atomic E-state index is 0.103. The third kappa shape index (κ3) is 4.52. The van der Waals surface area contributed by atoms with Crippen LogP contribution in [0.4, 0.5) is 11.5 Å². The SMILES string of the molecule is COc1ccc(OC)c(Nc2nc3ccccc3nc2-c2cc(OC)ccc2S(N)(=O)=O)c1. The van der Waals surface area contributed by atoms with Crippen molar-refractivity contribution in [3.8, 4) is 28.5 Å². The number of nitrogens with two attached hydrogens (primary N) is 1. The van der Waals surface area contributed by atoms with Gasteiger partial charge in [-0.05, 0) is 42.5 Å². The molecule has 0 amide bonds. The van der Waals surface area contributed by atoms with E-state index in [1.807, 2.05) is 18.2 Å². The predicted molar refractivity (Wildman–Crippen MR) is 126 cm³/mol. The Morgan fingerprint density at radius 1 is 0.818 bits per heavy atom. The molecule has 170 valence electrons. The van der Waals surface area contributed by atoms with Crippen LogP contribution in [0.5, 0.6) is 17.2 Å². The third-order valence-electron chi connectivity index (χ3n) is 4.98. The Hall–Kier alpha value is -3.89. The van der Waals surface area contributed by atoms with E-state index in [2.05, 4.69) is 5.32 Å². The number of rotatable bonds is 7. The normalized spacial score (nSPS) is 11.3. The number of methoxy groups -OCH3 is 3. The highest BCUT2D eigenvalue weighted by molar-refractivity contribution is 7.89. The fourth-order valence-corrected chi connectivity index (χ4v) is 4.10. The van der Waals surface area contributed by atoms with Crippen molar-refractivity contribution in [2.75, 3.05) is 26.6 Å². The first kappa shape index (κ1) is 22.3. The zero-order valence-corrected chi connectivity index (χ0v) is 19.0. The van der Waals surface area contributed by atoms with Gasteiger partial charge in [-0.3, -0.25) is 0 Å². The molecule has 0 bridgehead atoms. The highest BCUT2D eigenvalue weighted by Gasteiger charge is 2.22. The summed E-state index contributed by atoms with van der Waals surface area (Å²) in [5, 5.41) is 8.73. The third-order valence-corrected chi connectivity index (χ3v) is 5.95. The number of ether oxygens (including phenoxy) is 3. The Morgan fingerprint density at radius 3 is 2.09 bits per heavy atom. The Kier molecular flexibility index (Phi) is 6.03. The molecule has 0 atom stereocenters. The van der Waals surface area contributed by atoms with Crippen LogP contribution in [0.1, 0.15) is 0 Å². The number of hydrogen-bond acceptors (Lipinski definition) is 8. The molecule has 4 aromatic rings. The number of nitrogens with one attached hydrogen (secondary N) is 1. The van der Waals surface area contributed by atoms with Crippen LogP contribution in [0, 0.1) is 0 Å². The molecule has 0 spiro atoms. The quantitative estimate of drug-likeness (QED) is 0.422. The minimum Gasteiger partial charge on any atom is -0.497 e. The molecule has 33 heavy (non-hydrogen) atoms. The number of fused-ring (bicyclic) bond motifs is 1. The maximum atomic E-state index is 12.4. The van der Waals surface area contributed by atoms with Gasteiger partial charge in [0.25, 0.3) is 0 Å². The van der Waals surface area contributed by atoms with E-state index in [0.717, 1.165) is 0 Å². The lowest BCUT2D eigenvalue weighted by Crippen LogP contribution is -2.14. The second-order valence-electron chi connectivity index (χ2n) is 7.01. The first-order chi connectivity index (χ1) is 15.8. The summed E-state index contributed by atoms with van der Waals surface area (Å²) in [6, 6.07) is 17.0. The lowest BCUT2D eigenvalue weighted by atomic mass is 10.1. The largest absolute Gasteiger partial charge is 0.497 e. The molecule has 9 nitrogen and oxygen atoms in total. The van der Waals surface area contributed by atoms with E-state index in [-0.39, 0.29) is 16.2 Å². The lowest BCUT2D eigenvalue weighted by molar-refractivity contribution is 0.405. The van der Waals surface area contributed by atoms with Gasteiger partial charge >= 0.3 is 0 Å². The fourth-order valence-electron chi connectivity index (χ4n) is 3.38. The Bertz CT molecular complexity index is 1440. The fraction of sp³-hybridized carbons (Fsp3) is 0.130. The number of para-hydroxylation sites is 2. The van der Waals surface area contributed by atoms with Crippen LogP contribution in [0.3, 0.4) is 0 Å². The van der Waals surface area contributed by atoms with Crippen LogP contribution in [0.15, 0.2) is 65.6 Å². The van der Waals surface area contributed by atoms with E-state index in [1.165, 1.54) is 19.2 Å². The van der Waals surface area contributed by atoms with Gasteiger partial charge in [0.15, 0.2) is 5.82 Å². The molecular weight excluding hydrogens is 444 g/mol. The average molecular weight is 467 g/mol. The highest BCUT2D eigenvalue weighted by atomic mass is 32.2. The molecule has 1 aromatic heterocycles. The first-order valence-electron chi connectivity index (χ1n) is 9.81. The molecule has 3 aromatic carbocycles. The second-order valence-corrected chi connectivity index (χ2v) is 8.54. The summed E-state index contributed by atoms with van der Waals surface area (Å²) in [6.45, 7) is 0. The molecule has 0 aliphatic rings. The van der Waals surface area contributed by atoms with Gasteiger partial charge in [0.05, 0.1) is 42.9 Å². The van der Waals surface area contributed by atoms with Gasteiger partial charge in [0.1, 0.15) is 22.9 Å². The van der Waals surface area contributed by atoms with Crippen LogP contribution in [0.25, 0.3) is 22.3 Å². The van der Waals surface area contributed by atoms with Crippen molar-refractivity contribution in [2.24, 2.45) is 5.14 Å². The highest BCUT2D eigenvalue weighted by Crippen LogP contribution is 2.38. The van der Waals surface area contributed by atoms with E-state index < -0.39 is 10.0 Å².